The summed E-state index contributed by atoms with van der Waals surface area (Å²) < 4.78 is 3.63. The molecule has 2 aromatic heterocycles. The molecule has 0 radical (unpaired) electrons. The molecule has 1 fully saturated rings. The smallest absolute Gasteiger partial charge is 0.296 e. The molecule has 1 N–H and O–H groups in total. The molecule has 0 aliphatic carbocycles. The first kappa shape index (κ1) is 17.6. The number of H-pyrrole nitrogens is 1. The van der Waals surface area contributed by atoms with Crippen molar-refractivity contribution >= 4 is 46.0 Å². The first-order chi connectivity index (χ1) is 13.0. The summed E-state index contributed by atoms with van der Waals surface area (Å²) in [7, 11) is 1.79. The maximum absolute atomic E-state index is 13.2. The highest BCUT2D eigenvalue weighted by molar-refractivity contribution is 8.27. The molecule has 0 saturated carbocycles. The molecule has 8 heteroatoms. The van der Waals surface area contributed by atoms with Gasteiger partial charge in [-0.25, -0.2) is 4.68 Å². The number of thioether (sulfide) groups is 1. The van der Waals surface area contributed by atoms with Crippen LogP contribution in [0.15, 0.2) is 58.4 Å². The number of anilines is 1. The third-order valence-electron chi connectivity index (χ3n) is 4.45. The van der Waals surface area contributed by atoms with Gasteiger partial charge in [0.1, 0.15) is 5.69 Å². The van der Waals surface area contributed by atoms with Gasteiger partial charge in [0.25, 0.3) is 11.5 Å². The van der Waals surface area contributed by atoms with Gasteiger partial charge in [-0.1, -0.05) is 42.2 Å². The van der Waals surface area contributed by atoms with Crippen LogP contribution in [0.5, 0.6) is 0 Å². The van der Waals surface area contributed by atoms with Crippen LogP contribution in [0, 0.1) is 6.92 Å². The standard InChI is InChI=1S/C19H16N4O2S2/c1-12-16(18(25)23(21(12)2)14-8-4-3-5-9-14)22-17(24)15(27-19(22)26)11-13-7-6-10-20-13/h3-11,20H,1-2H3/b15-11+. The SMILES string of the molecule is Cc1c(N2C(=O)/C(=C\c3ccc[nH]3)SC2=S)c(=O)n(-c2ccccc2)n1C. The van der Waals surface area contributed by atoms with E-state index in [4.69, 9.17) is 12.2 Å². The molecule has 0 bridgehead atoms. The van der Waals surface area contributed by atoms with E-state index in [1.54, 1.807) is 24.0 Å². The van der Waals surface area contributed by atoms with Gasteiger partial charge in [-0.3, -0.25) is 19.2 Å². The second-order valence-corrected chi connectivity index (χ2v) is 7.73. The molecule has 136 valence electrons. The van der Waals surface area contributed by atoms with Gasteiger partial charge in [-0.2, -0.15) is 0 Å². The van der Waals surface area contributed by atoms with Crippen molar-refractivity contribution in [1.29, 1.82) is 0 Å². The van der Waals surface area contributed by atoms with E-state index in [2.05, 4.69) is 4.98 Å². The number of carbonyl (C=O) groups excluding carboxylic acids is 1. The summed E-state index contributed by atoms with van der Waals surface area (Å²) in [6, 6.07) is 13.0. The second kappa shape index (κ2) is 6.71. The fraction of sp³-hybridized carbons (Fsp3) is 0.105. The third-order valence-corrected chi connectivity index (χ3v) is 5.75. The fourth-order valence-corrected chi connectivity index (χ4v) is 4.31. The summed E-state index contributed by atoms with van der Waals surface area (Å²) >= 11 is 6.62. The van der Waals surface area contributed by atoms with Crippen molar-refractivity contribution < 1.29 is 4.79 Å². The highest BCUT2D eigenvalue weighted by Gasteiger charge is 2.37. The normalized spacial score (nSPS) is 15.9. The van der Waals surface area contributed by atoms with E-state index in [9.17, 15) is 9.59 Å². The number of hydrogen-bond donors (Lipinski definition) is 1. The molecular weight excluding hydrogens is 380 g/mol. The summed E-state index contributed by atoms with van der Waals surface area (Å²) in [4.78, 5) is 31.0. The number of nitrogens with zero attached hydrogens (tertiary/aromatic N) is 3. The number of thiocarbonyl (C=S) groups is 1. The lowest BCUT2D eigenvalue weighted by atomic mass is 10.3. The molecular formula is C19H16N4O2S2. The molecule has 1 saturated heterocycles. The van der Waals surface area contributed by atoms with Crippen LogP contribution >= 0.6 is 24.0 Å². The molecule has 1 aliphatic rings. The quantitative estimate of drug-likeness (QED) is 0.545. The van der Waals surface area contributed by atoms with E-state index in [1.807, 2.05) is 49.4 Å². The van der Waals surface area contributed by atoms with Gasteiger partial charge in [0.15, 0.2) is 4.32 Å². The Morgan fingerprint density at radius 3 is 2.52 bits per heavy atom. The Balaban J connectivity index is 1.82. The average Bonchev–Trinajstić information content (AvgIpc) is 3.31. The van der Waals surface area contributed by atoms with Crippen molar-refractivity contribution in [2.24, 2.45) is 7.05 Å². The van der Waals surface area contributed by atoms with Crippen LogP contribution in [0.1, 0.15) is 11.4 Å². The number of para-hydroxylation sites is 1. The van der Waals surface area contributed by atoms with E-state index in [0.29, 0.717) is 20.6 Å². The molecule has 3 aromatic rings. The monoisotopic (exact) mass is 396 g/mol. The largest absolute Gasteiger partial charge is 0.362 e. The summed E-state index contributed by atoms with van der Waals surface area (Å²) in [6.07, 6.45) is 3.53. The van der Waals surface area contributed by atoms with Gasteiger partial charge in [0.2, 0.25) is 0 Å². The summed E-state index contributed by atoms with van der Waals surface area (Å²) in [5.74, 6) is -0.286. The molecule has 27 heavy (non-hydrogen) atoms. The number of hydrogen-bond acceptors (Lipinski definition) is 4. The number of rotatable bonds is 3. The van der Waals surface area contributed by atoms with Gasteiger partial charge in [-0.05, 0) is 37.3 Å². The highest BCUT2D eigenvalue weighted by atomic mass is 32.2. The van der Waals surface area contributed by atoms with Gasteiger partial charge in [-0.15, -0.1) is 0 Å². The molecule has 6 nitrogen and oxygen atoms in total. The van der Waals surface area contributed by atoms with E-state index in [-0.39, 0.29) is 11.5 Å². The lowest BCUT2D eigenvalue weighted by Gasteiger charge is -2.12. The zero-order valence-corrected chi connectivity index (χ0v) is 16.3. The van der Waals surface area contributed by atoms with Crippen LogP contribution in [0.2, 0.25) is 0 Å². The van der Waals surface area contributed by atoms with Crippen LogP contribution in [0.4, 0.5) is 5.69 Å². The lowest BCUT2D eigenvalue weighted by molar-refractivity contribution is -0.113. The molecule has 0 atom stereocenters. The Bertz CT molecular complexity index is 1120. The Kier molecular flexibility index (Phi) is 4.37. The topological polar surface area (TPSA) is 63.0 Å². The number of aromatic nitrogens is 3. The first-order valence-electron chi connectivity index (χ1n) is 8.24. The lowest BCUT2D eigenvalue weighted by Crippen LogP contribution is -2.33. The van der Waals surface area contributed by atoms with Crippen molar-refractivity contribution in [3.8, 4) is 5.69 Å². The van der Waals surface area contributed by atoms with Crippen molar-refractivity contribution in [3.05, 3.63) is 75.3 Å². The number of nitrogens with one attached hydrogen (secondary N) is 1. The molecule has 1 aliphatic heterocycles. The van der Waals surface area contributed by atoms with Crippen LogP contribution in [-0.2, 0) is 11.8 Å². The first-order valence-corrected chi connectivity index (χ1v) is 9.47. The summed E-state index contributed by atoms with van der Waals surface area (Å²) in [5, 5.41) is 0. The third kappa shape index (κ3) is 2.87. The van der Waals surface area contributed by atoms with E-state index in [0.717, 1.165) is 11.4 Å². The number of amides is 1. The molecule has 4 rings (SSSR count). The fourth-order valence-electron chi connectivity index (χ4n) is 3.05. The van der Waals surface area contributed by atoms with Crippen LogP contribution in [0.25, 0.3) is 11.8 Å². The average molecular weight is 396 g/mol. The highest BCUT2D eigenvalue weighted by Crippen LogP contribution is 2.36. The van der Waals surface area contributed by atoms with Crippen LogP contribution in [-0.4, -0.2) is 24.6 Å². The molecule has 0 spiro atoms. The van der Waals surface area contributed by atoms with Crippen LogP contribution in [0.3, 0.4) is 0 Å². The zero-order chi connectivity index (χ0) is 19.1. The van der Waals surface area contributed by atoms with Gasteiger partial charge in [0.05, 0.1) is 16.3 Å². The van der Waals surface area contributed by atoms with Gasteiger partial charge in [0, 0.05) is 18.9 Å². The maximum Gasteiger partial charge on any atom is 0.296 e. The Morgan fingerprint density at radius 2 is 1.85 bits per heavy atom. The predicted octanol–water partition coefficient (Wildman–Crippen LogP) is 3.22. The zero-order valence-electron chi connectivity index (χ0n) is 14.7. The Morgan fingerprint density at radius 1 is 1.11 bits per heavy atom. The molecule has 1 aromatic carbocycles. The van der Waals surface area contributed by atoms with Crippen molar-refractivity contribution in [3.63, 3.8) is 0 Å². The number of carbonyl (C=O) groups is 1. The van der Waals surface area contributed by atoms with Crippen molar-refractivity contribution in [2.75, 3.05) is 4.90 Å². The van der Waals surface area contributed by atoms with Crippen molar-refractivity contribution in [2.45, 2.75) is 6.92 Å². The van der Waals surface area contributed by atoms with Crippen LogP contribution < -0.4 is 10.5 Å². The molecule has 1 amide bonds. The summed E-state index contributed by atoms with van der Waals surface area (Å²) in [6.45, 7) is 1.81. The minimum absolute atomic E-state index is 0.279. The van der Waals surface area contributed by atoms with Gasteiger partial charge < -0.3 is 4.98 Å². The summed E-state index contributed by atoms with van der Waals surface area (Å²) in [5.41, 5.74) is 2.22. The maximum atomic E-state index is 13.2. The molecule has 0 unspecified atom stereocenters. The van der Waals surface area contributed by atoms with E-state index < -0.39 is 0 Å². The molecule has 3 heterocycles. The van der Waals surface area contributed by atoms with E-state index in [1.165, 1.54) is 21.3 Å². The number of benzene rings is 1. The predicted molar refractivity (Wildman–Crippen MR) is 112 cm³/mol. The van der Waals surface area contributed by atoms with E-state index >= 15 is 0 Å². The van der Waals surface area contributed by atoms with Gasteiger partial charge >= 0.3 is 0 Å². The minimum Gasteiger partial charge on any atom is -0.362 e. The minimum atomic E-state index is -0.286. The number of aromatic amines is 1. The second-order valence-electron chi connectivity index (χ2n) is 6.05. The van der Waals surface area contributed by atoms with Crippen molar-refractivity contribution in [1.82, 2.24) is 14.3 Å². The Hall–Kier alpha value is -2.84. The Labute approximate surface area is 165 Å².